The molecule has 1 atom stereocenters. The summed E-state index contributed by atoms with van der Waals surface area (Å²) in [7, 11) is 0. The maximum Gasteiger partial charge on any atom is 0.335 e. The second-order valence-corrected chi connectivity index (χ2v) is 6.44. The lowest BCUT2D eigenvalue weighted by Crippen LogP contribution is -2.43. The molecule has 0 radical (unpaired) electrons. The Hall–Kier alpha value is -3.09. The third-order valence-corrected chi connectivity index (χ3v) is 4.44. The second-order valence-electron chi connectivity index (χ2n) is 6.44. The standard InChI is InChI=1S/C21H17F3O4/c22-9-8-21(23,24)19-16(20(26)27)12-15-11-14(6-7-18(15)28-19)17(25)10-13-4-2-1-3-5-13/h1-7,11-12,19H,8-10H2,(H,26,27). The van der Waals surface area contributed by atoms with Crippen molar-refractivity contribution in [1.82, 2.24) is 0 Å². The van der Waals surface area contributed by atoms with E-state index in [2.05, 4.69) is 0 Å². The molecule has 0 saturated carbocycles. The number of benzene rings is 2. The highest BCUT2D eigenvalue weighted by molar-refractivity contribution is 5.99. The zero-order valence-electron chi connectivity index (χ0n) is 14.7. The van der Waals surface area contributed by atoms with E-state index in [1.54, 1.807) is 12.1 Å². The fourth-order valence-corrected chi connectivity index (χ4v) is 3.00. The van der Waals surface area contributed by atoms with Crippen LogP contribution in [0.5, 0.6) is 5.75 Å². The van der Waals surface area contributed by atoms with Crippen molar-refractivity contribution in [2.45, 2.75) is 24.9 Å². The van der Waals surface area contributed by atoms with Crippen LogP contribution in [0.3, 0.4) is 0 Å². The number of alkyl halides is 3. The number of carbonyl (C=O) groups excluding carboxylic acids is 1. The minimum Gasteiger partial charge on any atom is -0.478 e. The molecule has 2 aromatic rings. The van der Waals surface area contributed by atoms with E-state index in [0.717, 1.165) is 11.6 Å². The summed E-state index contributed by atoms with van der Waals surface area (Å²) in [5.41, 5.74) is 0.651. The normalized spacial score (nSPS) is 16.0. The molecule has 146 valence electrons. The summed E-state index contributed by atoms with van der Waals surface area (Å²) in [6, 6.07) is 13.3. The first-order chi connectivity index (χ1) is 13.3. The third-order valence-electron chi connectivity index (χ3n) is 4.44. The molecule has 2 aromatic carbocycles. The first-order valence-electron chi connectivity index (χ1n) is 8.58. The third kappa shape index (κ3) is 4.08. The molecule has 0 amide bonds. The van der Waals surface area contributed by atoms with Gasteiger partial charge in [0.2, 0.25) is 0 Å². The number of ketones is 1. The molecule has 28 heavy (non-hydrogen) atoms. The van der Waals surface area contributed by atoms with E-state index < -0.39 is 36.7 Å². The van der Waals surface area contributed by atoms with Crippen LogP contribution in [-0.4, -0.2) is 35.6 Å². The minimum atomic E-state index is -3.68. The average molecular weight is 390 g/mol. The van der Waals surface area contributed by atoms with Gasteiger partial charge in [0.25, 0.3) is 5.92 Å². The van der Waals surface area contributed by atoms with Crippen LogP contribution in [0.25, 0.3) is 6.08 Å². The van der Waals surface area contributed by atoms with Crippen molar-refractivity contribution in [3.05, 3.63) is 70.8 Å². The molecule has 1 heterocycles. The summed E-state index contributed by atoms with van der Waals surface area (Å²) >= 11 is 0. The molecule has 4 nitrogen and oxygen atoms in total. The molecule has 3 rings (SSSR count). The van der Waals surface area contributed by atoms with Gasteiger partial charge in [-0.25, -0.2) is 13.6 Å². The highest BCUT2D eigenvalue weighted by atomic mass is 19.3. The molecule has 0 bridgehead atoms. The zero-order valence-corrected chi connectivity index (χ0v) is 14.7. The van der Waals surface area contributed by atoms with Crippen molar-refractivity contribution in [2.75, 3.05) is 6.67 Å². The maximum absolute atomic E-state index is 14.1. The molecule has 1 aliphatic heterocycles. The molecular formula is C21H17F3O4. The van der Waals surface area contributed by atoms with Gasteiger partial charge >= 0.3 is 5.97 Å². The van der Waals surface area contributed by atoms with Gasteiger partial charge in [-0.3, -0.25) is 9.18 Å². The van der Waals surface area contributed by atoms with Crippen LogP contribution >= 0.6 is 0 Å². The molecule has 0 fully saturated rings. The molecule has 0 aromatic heterocycles. The minimum absolute atomic E-state index is 0.0183. The quantitative estimate of drug-likeness (QED) is 0.715. The van der Waals surface area contributed by atoms with Gasteiger partial charge in [-0.1, -0.05) is 30.3 Å². The van der Waals surface area contributed by atoms with Crippen LogP contribution in [0.1, 0.15) is 27.9 Å². The van der Waals surface area contributed by atoms with Gasteiger partial charge in [0.15, 0.2) is 11.9 Å². The van der Waals surface area contributed by atoms with Crippen LogP contribution in [0.2, 0.25) is 0 Å². The Morgan fingerprint density at radius 1 is 1.11 bits per heavy atom. The van der Waals surface area contributed by atoms with Crippen LogP contribution in [0.4, 0.5) is 13.2 Å². The number of hydrogen-bond acceptors (Lipinski definition) is 3. The molecule has 0 aliphatic carbocycles. The summed E-state index contributed by atoms with van der Waals surface area (Å²) in [5, 5.41) is 9.30. The van der Waals surface area contributed by atoms with Crippen molar-refractivity contribution in [3.8, 4) is 5.75 Å². The maximum atomic E-state index is 14.1. The molecule has 0 spiro atoms. The molecule has 1 N–H and O–H groups in total. The number of ether oxygens (including phenoxy) is 1. The Kier molecular flexibility index (Phi) is 5.53. The number of carboxylic acid groups (broad SMARTS) is 1. The van der Waals surface area contributed by atoms with Crippen molar-refractivity contribution >= 4 is 17.8 Å². The zero-order chi connectivity index (χ0) is 20.3. The van der Waals surface area contributed by atoms with Crippen molar-refractivity contribution in [3.63, 3.8) is 0 Å². The average Bonchev–Trinajstić information content (AvgIpc) is 2.67. The highest BCUT2D eigenvalue weighted by Gasteiger charge is 2.47. The highest BCUT2D eigenvalue weighted by Crippen LogP contribution is 2.38. The van der Waals surface area contributed by atoms with Gasteiger partial charge in [0.1, 0.15) is 5.75 Å². The fourth-order valence-electron chi connectivity index (χ4n) is 3.00. The van der Waals surface area contributed by atoms with E-state index >= 15 is 0 Å². The predicted molar refractivity (Wildman–Crippen MR) is 96.5 cm³/mol. The van der Waals surface area contributed by atoms with Gasteiger partial charge in [0.05, 0.1) is 12.2 Å². The molecule has 0 saturated heterocycles. The van der Waals surface area contributed by atoms with Gasteiger partial charge in [0, 0.05) is 24.0 Å². The summed E-state index contributed by atoms with van der Waals surface area (Å²) in [6.07, 6.45) is -2.05. The number of rotatable bonds is 7. The number of hydrogen-bond donors (Lipinski definition) is 1. The number of carbonyl (C=O) groups is 2. The molecule has 1 aliphatic rings. The summed E-state index contributed by atoms with van der Waals surface area (Å²) in [6.45, 7) is -1.31. The number of aliphatic carboxylic acids is 1. The first kappa shape index (κ1) is 19.7. The van der Waals surface area contributed by atoms with E-state index in [0.29, 0.717) is 5.56 Å². The first-order valence-corrected chi connectivity index (χ1v) is 8.58. The van der Waals surface area contributed by atoms with Gasteiger partial charge < -0.3 is 9.84 Å². The van der Waals surface area contributed by atoms with Crippen LogP contribution < -0.4 is 4.74 Å². The van der Waals surface area contributed by atoms with Crippen LogP contribution in [-0.2, 0) is 11.2 Å². The Labute approximate surface area is 159 Å². The SMILES string of the molecule is O=C(O)C1=Cc2cc(C(=O)Cc3ccccc3)ccc2OC1C(F)(F)CCF. The largest absolute Gasteiger partial charge is 0.478 e. The van der Waals surface area contributed by atoms with E-state index in [4.69, 9.17) is 4.74 Å². The molecule has 7 heteroatoms. The monoisotopic (exact) mass is 390 g/mol. The smallest absolute Gasteiger partial charge is 0.335 e. The van der Waals surface area contributed by atoms with Crippen molar-refractivity contribution in [2.24, 2.45) is 0 Å². The lowest BCUT2D eigenvalue weighted by Gasteiger charge is -2.31. The fraction of sp³-hybridized carbons (Fsp3) is 0.238. The Balaban J connectivity index is 1.91. The van der Waals surface area contributed by atoms with Crippen LogP contribution in [0, 0.1) is 0 Å². The summed E-state index contributed by atoms with van der Waals surface area (Å²) in [5.74, 6) is -5.46. The van der Waals surface area contributed by atoms with E-state index in [1.165, 1.54) is 18.2 Å². The summed E-state index contributed by atoms with van der Waals surface area (Å²) < 4.78 is 45.9. The molecule has 1 unspecified atom stereocenters. The van der Waals surface area contributed by atoms with E-state index in [9.17, 15) is 27.9 Å². The lowest BCUT2D eigenvalue weighted by molar-refractivity contribution is -0.138. The van der Waals surface area contributed by atoms with Gasteiger partial charge in [-0.15, -0.1) is 0 Å². The van der Waals surface area contributed by atoms with E-state index in [1.807, 2.05) is 18.2 Å². The van der Waals surface area contributed by atoms with E-state index in [-0.39, 0.29) is 23.5 Å². The predicted octanol–water partition coefficient (Wildman–Crippen LogP) is 4.34. The van der Waals surface area contributed by atoms with Gasteiger partial charge in [-0.05, 0) is 29.8 Å². The van der Waals surface area contributed by atoms with Crippen molar-refractivity contribution < 1.29 is 32.6 Å². The Morgan fingerprint density at radius 2 is 1.82 bits per heavy atom. The van der Waals surface area contributed by atoms with Crippen LogP contribution in [0.15, 0.2) is 54.1 Å². The number of Topliss-reactive ketones (excluding diaryl/α,β-unsaturated/α-hetero) is 1. The Morgan fingerprint density at radius 3 is 2.46 bits per heavy atom. The Bertz CT molecular complexity index is 923. The lowest BCUT2D eigenvalue weighted by atomic mass is 9.94. The molecular weight excluding hydrogens is 373 g/mol. The second kappa shape index (κ2) is 7.88. The topological polar surface area (TPSA) is 63.6 Å². The van der Waals surface area contributed by atoms with Crippen molar-refractivity contribution in [1.29, 1.82) is 0 Å². The summed E-state index contributed by atoms with van der Waals surface area (Å²) in [4.78, 5) is 23.9. The van der Waals surface area contributed by atoms with Gasteiger partial charge in [-0.2, -0.15) is 0 Å². The number of carboxylic acids is 1. The number of halogens is 3. The number of fused-ring (bicyclic) bond motifs is 1.